The van der Waals surface area contributed by atoms with E-state index >= 15 is 0 Å². The molecular formula is C16H19F2N3O2S. The molecule has 0 N–H and O–H groups in total. The normalized spacial score (nSPS) is 11.1. The van der Waals surface area contributed by atoms with Crippen LogP contribution in [0.2, 0.25) is 0 Å². The Kier molecular flexibility index (Phi) is 5.82. The largest absolute Gasteiger partial charge is 0.338 e. The number of amides is 1. The second kappa shape index (κ2) is 7.65. The molecule has 0 atom stereocenters. The van der Waals surface area contributed by atoms with Gasteiger partial charge in [-0.2, -0.15) is 8.78 Å². The third-order valence-electron chi connectivity index (χ3n) is 3.67. The number of imidazole rings is 1. The Morgan fingerprint density at radius 3 is 2.62 bits per heavy atom. The summed E-state index contributed by atoms with van der Waals surface area (Å²) in [6.07, 6.45) is 2.58. The van der Waals surface area contributed by atoms with Crippen molar-refractivity contribution in [3.63, 3.8) is 0 Å². The van der Waals surface area contributed by atoms with E-state index in [1.54, 1.807) is 11.3 Å². The molecule has 0 spiro atoms. The fraction of sp³-hybridized carbons (Fsp3) is 0.438. The van der Waals surface area contributed by atoms with Crippen LogP contribution in [-0.4, -0.2) is 33.2 Å². The molecular weight excluding hydrogens is 336 g/mol. The van der Waals surface area contributed by atoms with Gasteiger partial charge in [-0.25, -0.2) is 4.98 Å². The highest BCUT2D eigenvalue weighted by Crippen LogP contribution is 2.22. The Hall–Kier alpha value is -2.09. The van der Waals surface area contributed by atoms with Crippen molar-refractivity contribution in [3.05, 3.63) is 39.6 Å². The van der Waals surface area contributed by atoms with E-state index in [-0.39, 0.29) is 36.9 Å². The van der Waals surface area contributed by atoms with Gasteiger partial charge < -0.3 is 4.90 Å². The molecule has 130 valence electrons. The topological polar surface area (TPSA) is 55.2 Å². The number of aromatic nitrogens is 2. The fourth-order valence-electron chi connectivity index (χ4n) is 2.40. The van der Waals surface area contributed by atoms with Gasteiger partial charge in [-0.15, -0.1) is 11.3 Å². The van der Waals surface area contributed by atoms with E-state index in [0.717, 1.165) is 9.75 Å². The molecule has 0 aromatic carbocycles. The van der Waals surface area contributed by atoms with Crippen LogP contribution in [0.4, 0.5) is 8.78 Å². The average Bonchev–Trinajstić information content (AvgIpc) is 3.10. The van der Waals surface area contributed by atoms with Crippen molar-refractivity contribution in [1.82, 2.24) is 14.5 Å². The summed E-state index contributed by atoms with van der Waals surface area (Å²) in [5, 5.41) is 0. The van der Waals surface area contributed by atoms with Gasteiger partial charge in [-0.05, 0) is 19.9 Å². The number of hydrogen-bond donors (Lipinski definition) is 0. The first-order valence-electron chi connectivity index (χ1n) is 7.43. The third kappa shape index (κ3) is 4.25. The van der Waals surface area contributed by atoms with Gasteiger partial charge in [0.2, 0.25) is 5.91 Å². The van der Waals surface area contributed by atoms with Gasteiger partial charge in [-0.1, -0.05) is 0 Å². The van der Waals surface area contributed by atoms with E-state index in [4.69, 9.17) is 0 Å². The minimum atomic E-state index is -2.70. The van der Waals surface area contributed by atoms with Crippen LogP contribution in [-0.2, 0) is 11.3 Å². The van der Waals surface area contributed by atoms with E-state index in [1.165, 1.54) is 24.3 Å². The van der Waals surface area contributed by atoms with E-state index < -0.39 is 6.55 Å². The molecule has 0 bridgehead atoms. The monoisotopic (exact) mass is 355 g/mol. The lowest BCUT2D eigenvalue weighted by molar-refractivity contribution is -0.130. The van der Waals surface area contributed by atoms with Crippen LogP contribution in [0, 0.1) is 13.8 Å². The molecule has 8 heteroatoms. The molecule has 2 aromatic heterocycles. The lowest BCUT2D eigenvalue weighted by Gasteiger charge is -2.17. The highest BCUT2D eigenvalue weighted by molar-refractivity contribution is 7.12. The number of Topliss-reactive ketones (excluding diaryl/α,β-unsaturated/α-hetero) is 1. The summed E-state index contributed by atoms with van der Waals surface area (Å²) in [5.41, 5.74) is 0.654. The number of alkyl halides is 2. The van der Waals surface area contributed by atoms with Crippen molar-refractivity contribution in [2.75, 3.05) is 7.05 Å². The predicted molar refractivity (Wildman–Crippen MR) is 87.3 cm³/mol. The zero-order chi connectivity index (χ0) is 17.9. The maximum Gasteiger partial charge on any atom is 0.319 e. The van der Waals surface area contributed by atoms with E-state index in [1.807, 2.05) is 19.9 Å². The highest BCUT2D eigenvalue weighted by Gasteiger charge is 2.18. The van der Waals surface area contributed by atoms with Crippen molar-refractivity contribution in [2.24, 2.45) is 0 Å². The van der Waals surface area contributed by atoms with Crippen molar-refractivity contribution in [1.29, 1.82) is 0 Å². The summed E-state index contributed by atoms with van der Waals surface area (Å²) in [6, 6.07) is 1.83. The molecule has 0 saturated heterocycles. The van der Waals surface area contributed by atoms with Gasteiger partial charge in [-0.3, -0.25) is 14.2 Å². The molecule has 24 heavy (non-hydrogen) atoms. The lowest BCUT2D eigenvalue weighted by atomic mass is 10.1. The van der Waals surface area contributed by atoms with Gasteiger partial charge in [0.25, 0.3) is 0 Å². The van der Waals surface area contributed by atoms with Crippen LogP contribution in [0.15, 0.2) is 18.5 Å². The molecule has 2 heterocycles. The van der Waals surface area contributed by atoms with Crippen molar-refractivity contribution >= 4 is 23.0 Å². The van der Waals surface area contributed by atoms with Crippen LogP contribution < -0.4 is 0 Å². The number of rotatable bonds is 7. The first-order valence-corrected chi connectivity index (χ1v) is 8.25. The Morgan fingerprint density at radius 1 is 1.33 bits per heavy atom. The zero-order valence-electron chi connectivity index (χ0n) is 13.8. The first kappa shape index (κ1) is 18.3. The van der Waals surface area contributed by atoms with Crippen LogP contribution in [0.3, 0.4) is 0 Å². The second-order valence-corrected chi connectivity index (χ2v) is 6.99. The number of nitrogens with zero attached hydrogens (tertiary/aromatic N) is 3. The molecule has 0 aliphatic carbocycles. The van der Waals surface area contributed by atoms with E-state index in [2.05, 4.69) is 4.98 Å². The Labute approximate surface area is 142 Å². The summed E-state index contributed by atoms with van der Waals surface area (Å²) >= 11 is 1.55. The van der Waals surface area contributed by atoms with Gasteiger partial charge in [0, 0.05) is 47.6 Å². The highest BCUT2D eigenvalue weighted by atomic mass is 32.1. The summed E-state index contributed by atoms with van der Waals surface area (Å²) in [6.45, 7) is 1.08. The summed E-state index contributed by atoms with van der Waals surface area (Å²) in [4.78, 5) is 31.5. The third-order valence-corrected chi connectivity index (χ3v) is 4.64. The maximum atomic E-state index is 12.8. The SMILES string of the molecule is Cc1cc(C(=O)CCC(=O)N(C)Cc2nccn2C(F)F)c(C)s1. The molecule has 0 radical (unpaired) electrons. The number of carbonyl (C=O) groups excluding carboxylic acids is 2. The fourth-order valence-corrected chi connectivity index (χ4v) is 3.34. The van der Waals surface area contributed by atoms with Crippen molar-refractivity contribution in [2.45, 2.75) is 39.8 Å². The number of ketones is 1. The van der Waals surface area contributed by atoms with Gasteiger partial charge in [0.1, 0.15) is 5.82 Å². The molecule has 1 amide bonds. The maximum absolute atomic E-state index is 12.8. The van der Waals surface area contributed by atoms with Gasteiger partial charge >= 0.3 is 6.55 Å². The standard InChI is InChI=1S/C16H19F2N3O2S/c1-10-8-12(11(2)24-10)13(22)4-5-15(23)20(3)9-14-19-6-7-21(14)16(17)18/h6-8,16H,4-5,9H2,1-3H3. The second-order valence-electron chi connectivity index (χ2n) is 5.53. The van der Waals surface area contributed by atoms with E-state index in [0.29, 0.717) is 10.1 Å². The van der Waals surface area contributed by atoms with Crippen LogP contribution >= 0.6 is 11.3 Å². The minimum Gasteiger partial charge on any atom is -0.338 e. The first-order chi connectivity index (χ1) is 11.3. The van der Waals surface area contributed by atoms with Crippen molar-refractivity contribution in [3.8, 4) is 0 Å². The molecule has 0 aliphatic rings. The molecule has 0 saturated carbocycles. The quantitative estimate of drug-likeness (QED) is 0.714. The molecule has 5 nitrogen and oxygen atoms in total. The van der Waals surface area contributed by atoms with Gasteiger partial charge in [0.15, 0.2) is 5.78 Å². The lowest BCUT2D eigenvalue weighted by Crippen LogP contribution is -2.28. The smallest absolute Gasteiger partial charge is 0.319 e. The number of hydrogen-bond acceptors (Lipinski definition) is 4. The predicted octanol–water partition coefficient (Wildman–Crippen LogP) is 3.58. The Balaban J connectivity index is 1.91. The van der Waals surface area contributed by atoms with Crippen molar-refractivity contribution < 1.29 is 18.4 Å². The number of carbonyl (C=O) groups is 2. The minimum absolute atomic E-state index is 0.0268. The van der Waals surface area contributed by atoms with E-state index in [9.17, 15) is 18.4 Å². The van der Waals surface area contributed by atoms with Crippen LogP contribution in [0.25, 0.3) is 0 Å². The van der Waals surface area contributed by atoms with Crippen LogP contribution in [0.1, 0.15) is 45.3 Å². The summed E-state index contributed by atoms with van der Waals surface area (Å²) < 4.78 is 26.3. The number of halogens is 2. The average molecular weight is 355 g/mol. The molecule has 0 aliphatic heterocycles. The zero-order valence-corrected chi connectivity index (χ0v) is 14.6. The molecule has 2 aromatic rings. The number of thiophene rings is 1. The molecule has 0 fully saturated rings. The Bertz CT molecular complexity index is 740. The summed E-state index contributed by atoms with van der Waals surface area (Å²) in [5.74, 6) is -0.249. The molecule has 2 rings (SSSR count). The van der Waals surface area contributed by atoms with Crippen LogP contribution in [0.5, 0.6) is 0 Å². The summed E-state index contributed by atoms with van der Waals surface area (Å²) in [7, 11) is 1.51. The Morgan fingerprint density at radius 2 is 2.04 bits per heavy atom. The molecule has 0 unspecified atom stereocenters. The van der Waals surface area contributed by atoms with Gasteiger partial charge in [0.05, 0.1) is 6.54 Å². The number of aryl methyl sites for hydroxylation is 2.